The molecule has 0 unspecified atom stereocenters. The molecule has 0 radical (unpaired) electrons. The highest BCUT2D eigenvalue weighted by atomic mass is 16.5. The standard InChI is InChI=1S/C11H12N2O2/c1-8-11(9(2)15-12-8)7-13-5-3-4-10(14)6-13/h3-6H,7H2,1-2H3/p+1. The summed E-state index contributed by atoms with van der Waals surface area (Å²) in [4.78, 5) is 0. The van der Waals surface area contributed by atoms with Crippen molar-refractivity contribution in [3.63, 3.8) is 0 Å². The van der Waals surface area contributed by atoms with E-state index in [4.69, 9.17) is 4.52 Å². The third-order valence-corrected chi connectivity index (χ3v) is 2.36. The van der Waals surface area contributed by atoms with Crippen LogP contribution in [0, 0.1) is 13.8 Å². The van der Waals surface area contributed by atoms with Gasteiger partial charge in [-0.1, -0.05) is 5.16 Å². The van der Waals surface area contributed by atoms with Crippen LogP contribution in [0.5, 0.6) is 5.75 Å². The lowest BCUT2D eigenvalue weighted by Crippen LogP contribution is -2.33. The normalized spacial score (nSPS) is 10.5. The first kappa shape index (κ1) is 9.71. The van der Waals surface area contributed by atoms with E-state index in [0.29, 0.717) is 6.54 Å². The van der Waals surface area contributed by atoms with E-state index in [2.05, 4.69) is 5.16 Å². The van der Waals surface area contributed by atoms with Crippen LogP contribution in [-0.2, 0) is 6.54 Å². The Morgan fingerprint density at radius 3 is 2.87 bits per heavy atom. The number of nitrogens with zero attached hydrogens (tertiary/aromatic N) is 2. The molecule has 0 aromatic carbocycles. The number of aromatic hydroxyl groups is 1. The summed E-state index contributed by atoms with van der Waals surface area (Å²) in [5.41, 5.74) is 1.95. The third kappa shape index (κ3) is 1.98. The number of aryl methyl sites for hydroxylation is 2. The van der Waals surface area contributed by atoms with Gasteiger partial charge >= 0.3 is 0 Å². The highest BCUT2D eigenvalue weighted by Crippen LogP contribution is 2.11. The number of rotatable bonds is 2. The Bertz CT molecular complexity index is 458. The van der Waals surface area contributed by atoms with Gasteiger partial charge < -0.3 is 9.63 Å². The van der Waals surface area contributed by atoms with Crippen molar-refractivity contribution in [1.29, 1.82) is 0 Å². The van der Waals surface area contributed by atoms with Crippen LogP contribution in [0.2, 0.25) is 0 Å². The van der Waals surface area contributed by atoms with Gasteiger partial charge in [-0.2, -0.15) is 4.57 Å². The van der Waals surface area contributed by atoms with Crippen molar-refractivity contribution in [2.75, 3.05) is 0 Å². The predicted molar refractivity (Wildman–Crippen MR) is 53.4 cm³/mol. The van der Waals surface area contributed by atoms with Crippen molar-refractivity contribution in [2.45, 2.75) is 20.4 Å². The Morgan fingerprint density at radius 2 is 2.27 bits per heavy atom. The molecule has 0 aliphatic heterocycles. The largest absolute Gasteiger partial charge is 0.503 e. The van der Waals surface area contributed by atoms with E-state index >= 15 is 0 Å². The quantitative estimate of drug-likeness (QED) is 0.752. The first-order chi connectivity index (χ1) is 7.16. The molecule has 1 N–H and O–H groups in total. The van der Waals surface area contributed by atoms with E-state index in [1.54, 1.807) is 18.3 Å². The lowest BCUT2D eigenvalue weighted by Gasteiger charge is -1.96. The summed E-state index contributed by atoms with van der Waals surface area (Å²) >= 11 is 0. The van der Waals surface area contributed by atoms with Crippen molar-refractivity contribution in [3.05, 3.63) is 41.5 Å². The second-order valence-electron chi connectivity index (χ2n) is 3.54. The average Bonchev–Trinajstić information content (AvgIpc) is 2.50. The molecule has 2 aromatic rings. The Morgan fingerprint density at radius 1 is 1.47 bits per heavy atom. The fraction of sp³-hybridized carbons (Fsp3) is 0.273. The van der Waals surface area contributed by atoms with Crippen LogP contribution in [-0.4, -0.2) is 10.3 Å². The van der Waals surface area contributed by atoms with Gasteiger partial charge in [0.25, 0.3) is 0 Å². The van der Waals surface area contributed by atoms with Crippen molar-refractivity contribution in [1.82, 2.24) is 5.16 Å². The molecule has 2 rings (SSSR count). The van der Waals surface area contributed by atoms with E-state index < -0.39 is 0 Å². The van der Waals surface area contributed by atoms with Gasteiger partial charge in [-0.25, -0.2) is 0 Å². The molecule has 78 valence electrons. The summed E-state index contributed by atoms with van der Waals surface area (Å²) in [6, 6.07) is 3.44. The van der Waals surface area contributed by atoms with E-state index in [-0.39, 0.29) is 5.75 Å². The summed E-state index contributed by atoms with van der Waals surface area (Å²) in [7, 11) is 0. The Kier molecular flexibility index (Phi) is 2.41. The minimum Gasteiger partial charge on any atom is -0.503 e. The lowest BCUT2D eigenvalue weighted by atomic mass is 10.2. The van der Waals surface area contributed by atoms with Crippen LogP contribution < -0.4 is 4.57 Å². The zero-order chi connectivity index (χ0) is 10.8. The van der Waals surface area contributed by atoms with Crippen LogP contribution in [0.4, 0.5) is 0 Å². The number of aromatic nitrogens is 2. The summed E-state index contributed by atoms with van der Waals surface area (Å²) in [5.74, 6) is 1.08. The van der Waals surface area contributed by atoms with Gasteiger partial charge in [0, 0.05) is 6.07 Å². The molecule has 0 saturated heterocycles. The fourth-order valence-electron chi connectivity index (χ4n) is 1.52. The molecule has 2 aromatic heterocycles. The molecule has 4 heteroatoms. The maximum atomic E-state index is 9.32. The predicted octanol–water partition coefficient (Wildman–Crippen LogP) is 1.33. The number of hydrogen-bond donors (Lipinski definition) is 1. The van der Waals surface area contributed by atoms with Crippen LogP contribution in [0.1, 0.15) is 17.0 Å². The number of pyridine rings is 1. The number of hydrogen-bond acceptors (Lipinski definition) is 3. The molecule has 2 heterocycles. The zero-order valence-corrected chi connectivity index (χ0v) is 8.77. The van der Waals surface area contributed by atoms with Crippen LogP contribution in [0.15, 0.2) is 29.0 Å². The van der Waals surface area contributed by atoms with Gasteiger partial charge in [0.15, 0.2) is 18.5 Å². The van der Waals surface area contributed by atoms with Crippen molar-refractivity contribution < 1.29 is 14.2 Å². The van der Waals surface area contributed by atoms with Crippen LogP contribution >= 0.6 is 0 Å². The van der Waals surface area contributed by atoms with Gasteiger partial charge in [0.2, 0.25) is 6.20 Å². The van der Waals surface area contributed by atoms with E-state index in [1.807, 2.05) is 24.6 Å². The monoisotopic (exact) mass is 205 g/mol. The fourth-order valence-corrected chi connectivity index (χ4v) is 1.52. The van der Waals surface area contributed by atoms with Crippen molar-refractivity contribution in [3.8, 4) is 5.75 Å². The minimum atomic E-state index is 0.254. The molecule has 0 bridgehead atoms. The lowest BCUT2D eigenvalue weighted by molar-refractivity contribution is -0.688. The average molecular weight is 205 g/mol. The van der Waals surface area contributed by atoms with Gasteiger partial charge in [-0.3, -0.25) is 0 Å². The van der Waals surface area contributed by atoms with Crippen LogP contribution in [0.25, 0.3) is 0 Å². The molecule has 0 amide bonds. The summed E-state index contributed by atoms with van der Waals surface area (Å²) in [6.45, 7) is 4.46. The highest BCUT2D eigenvalue weighted by Gasteiger charge is 2.13. The van der Waals surface area contributed by atoms with E-state index in [9.17, 15) is 5.11 Å². The van der Waals surface area contributed by atoms with Crippen molar-refractivity contribution >= 4 is 0 Å². The molecule has 0 aliphatic carbocycles. The van der Waals surface area contributed by atoms with Crippen LogP contribution in [0.3, 0.4) is 0 Å². The van der Waals surface area contributed by atoms with Gasteiger partial charge in [0.1, 0.15) is 5.76 Å². The van der Waals surface area contributed by atoms with E-state index in [1.165, 1.54) is 0 Å². The molecule has 0 saturated carbocycles. The molecular weight excluding hydrogens is 192 g/mol. The smallest absolute Gasteiger partial charge is 0.211 e. The highest BCUT2D eigenvalue weighted by molar-refractivity contribution is 5.19. The molecule has 15 heavy (non-hydrogen) atoms. The Hall–Kier alpha value is -1.84. The summed E-state index contributed by atoms with van der Waals surface area (Å²) in [6.07, 6.45) is 3.57. The molecule has 0 spiro atoms. The van der Waals surface area contributed by atoms with Gasteiger partial charge in [-0.15, -0.1) is 0 Å². The first-order valence-electron chi connectivity index (χ1n) is 4.76. The zero-order valence-electron chi connectivity index (χ0n) is 8.77. The topological polar surface area (TPSA) is 50.1 Å². The molecule has 0 atom stereocenters. The Balaban J connectivity index is 2.29. The summed E-state index contributed by atoms with van der Waals surface area (Å²) < 4.78 is 6.96. The first-order valence-corrected chi connectivity index (χ1v) is 4.76. The Labute approximate surface area is 87.8 Å². The third-order valence-electron chi connectivity index (χ3n) is 2.36. The van der Waals surface area contributed by atoms with Gasteiger partial charge in [-0.05, 0) is 19.9 Å². The maximum absolute atomic E-state index is 9.32. The van der Waals surface area contributed by atoms with E-state index in [0.717, 1.165) is 17.0 Å². The second kappa shape index (κ2) is 3.73. The SMILES string of the molecule is Cc1noc(C)c1C[n+]1cccc(O)c1. The molecular formula is C11H13N2O2+. The minimum absolute atomic E-state index is 0.254. The molecule has 0 aliphatic rings. The van der Waals surface area contributed by atoms with Crippen molar-refractivity contribution in [2.24, 2.45) is 0 Å². The maximum Gasteiger partial charge on any atom is 0.211 e. The summed E-state index contributed by atoms with van der Waals surface area (Å²) in [5, 5.41) is 13.2. The molecule has 4 nitrogen and oxygen atoms in total. The van der Waals surface area contributed by atoms with Gasteiger partial charge in [0.05, 0.1) is 11.3 Å². The second-order valence-corrected chi connectivity index (χ2v) is 3.54. The molecule has 0 fully saturated rings.